The van der Waals surface area contributed by atoms with Crippen molar-refractivity contribution < 1.29 is 4.79 Å². The largest absolute Gasteiger partial charge is 0.395 e. The molecule has 0 radical (unpaired) electrons. The maximum absolute atomic E-state index is 12.6. The average Bonchev–Trinajstić information content (AvgIpc) is 2.75. The van der Waals surface area contributed by atoms with Crippen LogP contribution in [-0.2, 0) is 19.9 Å². The lowest BCUT2D eigenvalue weighted by Crippen LogP contribution is -2.19. The molecule has 1 heterocycles. The third-order valence-corrected chi connectivity index (χ3v) is 3.69. The number of aryl methyl sites for hydroxylation is 4. The average molecular weight is 286 g/mol. The number of para-hydroxylation sites is 1. The van der Waals surface area contributed by atoms with Gasteiger partial charge in [-0.3, -0.25) is 9.48 Å². The highest BCUT2D eigenvalue weighted by Gasteiger charge is 2.20. The molecule has 0 aliphatic heterocycles. The summed E-state index contributed by atoms with van der Waals surface area (Å²) in [7, 11) is 1.74. The van der Waals surface area contributed by atoms with E-state index in [1.165, 1.54) is 0 Å². The molecule has 21 heavy (non-hydrogen) atoms. The van der Waals surface area contributed by atoms with Crippen molar-refractivity contribution in [2.75, 3.05) is 11.1 Å². The minimum absolute atomic E-state index is 0.216. The smallest absolute Gasteiger partial charge is 0.276 e. The van der Waals surface area contributed by atoms with Gasteiger partial charge in [-0.2, -0.15) is 5.10 Å². The molecule has 0 fully saturated rings. The summed E-state index contributed by atoms with van der Waals surface area (Å²) >= 11 is 0. The second-order valence-electron chi connectivity index (χ2n) is 5.10. The van der Waals surface area contributed by atoms with Crippen LogP contribution in [0.1, 0.15) is 41.2 Å². The quantitative estimate of drug-likeness (QED) is 0.907. The van der Waals surface area contributed by atoms with Crippen molar-refractivity contribution in [2.45, 2.75) is 33.6 Å². The zero-order valence-corrected chi connectivity index (χ0v) is 13.0. The third-order valence-electron chi connectivity index (χ3n) is 3.69. The normalized spacial score (nSPS) is 10.7. The maximum atomic E-state index is 12.6. The summed E-state index contributed by atoms with van der Waals surface area (Å²) in [5.41, 5.74) is 10.7. The van der Waals surface area contributed by atoms with Crippen LogP contribution < -0.4 is 11.1 Å². The highest BCUT2D eigenvalue weighted by Crippen LogP contribution is 2.24. The second kappa shape index (κ2) is 5.99. The summed E-state index contributed by atoms with van der Waals surface area (Å²) in [6.07, 6.45) is 1.57. The van der Waals surface area contributed by atoms with Gasteiger partial charge in [-0.1, -0.05) is 32.0 Å². The van der Waals surface area contributed by atoms with E-state index < -0.39 is 0 Å². The number of carbonyl (C=O) groups excluding carboxylic acids is 1. The molecule has 5 nitrogen and oxygen atoms in total. The first-order valence-electron chi connectivity index (χ1n) is 7.20. The van der Waals surface area contributed by atoms with Crippen LogP contribution in [-0.4, -0.2) is 15.7 Å². The maximum Gasteiger partial charge on any atom is 0.276 e. The fraction of sp³-hybridized carbons (Fsp3) is 0.375. The van der Waals surface area contributed by atoms with Crippen LogP contribution in [0, 0.1) is 6.92 Å². The van der Waals surface area contributed by atoms with E-state index in [4.69, 9.17) is 5.73 Å². The molecular weight excluding hydrogens is 264 g/mol. The van der Waals surface area contributed by atoms with Crippen LogP contribution in [0.4, 0.5) is 11.4 Å². The van der Waals surface area contributed by atoms with E-state index in [1.807, 2.05) is 32.0 Å². The first-order valence-corrected chi connectivity index (χ1v) is 7.20. The van der Waals surface area contributed by atoms with Crippen LogP contribution in [0.15, 0.2) is 18.2 Å². The van der Waals surface area contributed by atoms with Gasteiger partial charge in [-0.15, -0.1) is 0 Å². The Morgan fingerprint density at radius 3 is 2.62 bits per heavy atom. The topological polar surface area (TPSA) is 72.9 Å². The van der Waals surface area contributed by atoms with Gasteiger partial charge in [0.25, 0.3) is 5.91 Å². The SMILES string of the molecule is CCc1cccc(C)c1NC(=O)c1c(N)c(CC)nn1C. The van der Waals surface area contributed by atoms with Crippen LogP contribution in [0.25, 0.3) is 0 Å². The Hall–Kier alpha value is -2.30. The van der Waals surface area contributed by atoms with Gasteiger partial charge in [-0.05, 0) is 30.9 Å². The summed E-state index contributed by atoms with van der Waals surface area (Å²) in [4.78, 5) is 12.6. The zero-order chi connectivity index (χ0) is 15.6. The first kappa shape index (κ1) is 15.1. The van der Waals surface area contributed by atoms with Crippen molar-refractivity contribution >= 4 is 17.3 Å². The molecule has 5 heteroatoms. The number of nitrogen functional groups attached to an aromatic ring is 1. The predicted octanol–water partition coefficient (Wildman–Crippen LogP) is 2.69. The molecule has 0 saturated carbocycles. The van der Waals surface area contributed by atoms with Crippen LogP contribution >= 0.6 is 0 Å². The number of carbonyl (C=O) groups is 1. The summed E-state index contributed by atoms with van der Waals surface area (Å²) in [6.45, 7) is 6.02. The Morgan fingerprint density at radius 2 is 2.05 bits per heavy atom. The molecule has 3 N–H and O–H groups in total. The number of benzene rings is 1. The Labute approximate surface area is 125 Å². The number of aromatic nitrogens is 2. The molecule has 2 rings (SSSR count). The molecule has 0 aliphatic rings. The molecule has 1 aromatic heterocycles. The van der Waals surface area contributed by atoms with Gasteiger partial charge in [0.2, 0.25) is 0 Å². The van der Waals surface area contributed by atoms with E-state index in [1.54, 1.807) is 11.7 Å². The number of nitrogens with one attached hydrogen (secondary N) is 1. The van der Waals surface area contributed by atoms with Gasteiger partial charge in [-0.25, -0.2) is 0 Å². The highest BCUT2D eigenvalue weighted by molar-refractivity contribution is 6.07. The molecular formula is C16H22N4O. The number of hydrogen-bond acceptors (Lipinski definition) is 3. The monoisotopic (exact) mass is 286 g/mol. The van der Waals surface area contributed by atoms with Crippen molar-refractivity contribution in [3.8, 4) is 0 Å². The Balaban J connectivity index is 2.37. The number of nitrogens with zero attached hydrogens (tertiary/aromatic N) is 2. The summed E-state index contributed by atoms with van der Waals surface area (Å²) in [5, 5.41) is 7.27. The summed E-state index contributed by atoms with van der Waals surface area (Å²) < 4.78 is 1.55. The van der Waals surface area contributed by atoms with E-state index in [-0.39, 0.29) is 5.91 Å². The van der Waals surface area contributed by atoms with Crippen LogP contribution in [0.3, 0.4) is 0 Å². The first-order chi connectivity index (χ1) is 9.99. The Kier molecular flexibility index (Phi) is 4.31. The number of anilines is 2. The molecule has 0 unspecified atom stereocenters. The minimum Gasteiger partial charge on any atom is -0.395 e. The van der Waals surface area contributed by atoms with Crippen LogP contribution in [0.2, 0.25) is 0 Å². The third kappa shape index (κ3) is 2.77. The van der Waals surface area contributed by atoms with E-state index in [2.05, 4.69) is 17.3 Å². The highest BCUT2D eigenvalue weighted by atomic mass is 16.2. The second-order valence-corrected chi connectivity index (χ2v) is 5.10. The van der Waals surface area contributed by atoms with Gasteiger partial charge < -0.3 is 11.1 Å². The van der Waals surface area contributed by atoms with Gasteiger partial charge in [0.05, 0.1) is 11.4 Å². The van der Waals surface area contributed by atoms with E-state index in [0.717, 1.165) is 28.9 Å². The van der Waals surface area contributed by atoms with E-state index >= 15 is 0 Å². The molecule has 0 atom stereocenters. The number of rotatable bonds is 4. The standard InChI is InChI=1S/C16H22N4O/c1-5-11-9-7-8-10(3)14(11)18-16(21)15-13(17)12(6-2)19-20(15)4/h7-9H,5-6,17H2,1-4H3,(H,18,21). The molecule has 1 amide bonds. The van der Waals surface area contributed by atoms with Gasteiger partial charge in [0, 0.05) is 12.7 Å². The molecule has 2 aromatic rings. The molecule has 0 spiro atoms. The Bertz CT molecular complexity index is 673. The molecule has 0 aliphatic carbocycles. The van der Waals surface area contributed by atoms with Crippen LogP contribution in [0.5, 0.6) is 0 Å². The molecule has 112 valence electrons. The minimum atomic E-state index is -0.216. The van der Waals surface area contributed by atoms with Gasteiger partial charge in [0.1, 0.15) is 5.69 Å². The fourth-order valence-electron chi connectivity index (χ4n) is 2.50. The molecule has 0 saturated heterocycles. The Morgan fingerprint density at radius 1 is 1.33 bits per heavy atom. The number of amides is 1. The van der Waals surface area contributed by atoms with Crippen molar-refractivity contribution in [1.82, 2.24) is 9.78 Å². The van der Waals surface area contributed by atoms with Crippen molar-refractivity contribution in [3.63, 3.8) is 0 Å². The van der Waals surface area contributed by atoms with Gasteiger partial charge >= 0.3 is 0 Å². The molecule has 1 aromatic carbocycles. The fourth-order valence-corrected chi connectivity index (χ4v) is 2.50. The number of nitrogens with two attached hydrogens (primary N) is 1. The lowest BCUT2D eigenvalue weighted by Gasteiger charge is -2.13. The zero-order valence-electron chi connectivity index (χ0n) is 13.0. The molecule has 0 bridgehead atoms. The number of hydrogen-bond donors (Lipinski definition) is 2. The summed E-state index contributed by atoms with van der Waals surface area (Å²) in [6, 6.07) is 6.00. The lowest BCUT2D eigenvalue weighted by atomic mass is 10.1. The van der Waals surface area contributed by atoms with Crippen molar-refractivity contribution in [2.24, 2.45) is 7.05 Å². The summed E-state index contributed by atoms with van der Waals surface area (Å²) in [5.74, 6) is -0.216. The van der Waals surface area contributed by atoms with Crippen molar-refractivity contribution in [3.05, 3.63) is 40.7 Å². The van der Waals surface area contributed by atoms with E-state index in [9.17, 15) is 4.79 Å². The van der Waals surface area contributed by atoms with Gasteiger partial charge in [0.15, 0.2) is 0 Å². The van der Waals surface area contributed by atoms with Crippen molar-refractivity contribution in [1.29, 1.82) is 0 Å². The van der Waals surface area contributed by atoms with E-state index in [0.29, 0.717) is 17.8 Å². The lowest BCUT2D eigenvalue weighted by molar-refractivity contribution is 0.101. The predicted molar refractivity (Wildman–Crippen MR) is 85.5 cm³/mol.